The Kier molecular flexibility index (Phi) is 3.80. The molecule has 0 unspecified atom stereocenters. The Morgan fingerprint density at radius 3 is 2.40 bits per heavy atom. The quantitative estimate of drug-likeness (QED) is 0.328. The van der Waals surface area contributed by atoms with Crippen LogP contribution in [0.25, 0.3) is 0 Å². The van der Waals surface area contributed by atoms with Gasteiger partial charge in [0.1, 0.15) is 0 Å². The van der Waals surface area contributed by atoms with E-state index in [1.165, 1.54) is 0 Å². The van der Waals surface area contributed by atoms with E-state index in [2.05, 4.69) is 16.6 Å². The molecule has 0 aromatic heterocycles. The number of carbonyl (C=O) groups is 1. The van der Waals surface area contributed by atoms with Crippen molar-refractivity contribution in [3.63, 3.8) is 0 Å². The maximum Gasteiger partial charge on any atom is 0.360 e. The van der Waals surface area contributed by atoms with E-state index < -0.39 is 5.97 Å². The minimum atomic E-state index is -0.509. The lowest BCUT2D eigenvalue weighted by Crippen LogP contribution is -2.03. The second-order valence-corrected chi connectivity index (χ2v) is 3.20. The van der Waals surface area contributed by atoms with Crippen LogP contribution in [0.5, 0.6) is 0 Å². The number of hydrogen-bond donors (Lipinski definition) is 0. The van der Waals surface area contributed by atoms with Crippen LogP contribution >= 0.6 is 0 Å². The molecule has 0 spiro atoms. The first-order valence-electron chi connectivity index (χ1n) is 4.58. The van der Waals surface area contributed by atoms with Crippen LogP contribution in [0.4, 0.5) is 0 Å². The van der Waals surface area contributed by atoms with Crippen molar-refractivity contribution < 1.29 is 9.63 Å². The zero-order chi connectivity index (χ0) is 11.3. The predicted molar refractivity (Wildman–Crippen MR) is 59.6 cm³/mol. The van der Waals surface area contributed by atoms with Crippen molar-refractivity contribution in [3.8, 4) is 0 Å². The Morgan fingerprint density at radius 1 is 1.27 bits per heavy atom. The zero-order valence-corrected chi connectivity index (χ0v) is 8.86. The number of carbonyl (C=O) groups excluding carboxylic acids is 1. The summed E-state index contributed by atoms with van der Waals surface area (Å²) in [5, 5.41) is 3.72. The first kappa shape index (κ1) is 11.2. The molecule has 3 nitrogen and oxygen atoms in total. The molecule has 0 amide bonds. The zero-order valence-electron chi connectivity index (χ0n) is 8.86. The summed E-state index contributed by atoms with van der Waals surface area (Å²) in [6.07, 6.45) is 0. The highest BCUT2D eigenvalue weighted by atomic mass is 16.7. The molecule has 1 aromatic carbocycles. The van der Waals surface area contributed by atoms with Crippen LogP contribution in [-0.2, 0) is 9.63 Å². The molecule has 0 heterocycles. The standard InChI is InChI=1S/C12H13NO2/c1-9(2)12(14)15-13-10(3)11-7-5-4-6-8-11/h4-8H,1H2,2-3H3/b13-10+. The number of rotatable bonds is 3. The molecule has 3 heteroatoms. The van der Waals surface area contributed by atoms with E-state index in [1.807, 2.05) is 30.3 Å². The van der Waals surface area contributed by atoms with E-state index in [-0.39, 0.29) is 0 Å². The Balaban J connectivity index is 2.69. The lowest BCUT2D eigenvalue weighted by atomic mass is 10.1. The van der Waals surface area contributed by atoms with Gasteiger partial charge in [-0.25, -0.2) is 4.79 Å². The molecule has 1 aromatic rings. The van der Waals surface area contributed by atoms with Gasteiger partial charge in [0, 0.05) is 5.57 Å². The summed E-state index contributed by atoms with van der Waals surface area (Å²) >= 11 is 0. The number of oxime groups is 1. The molecule has 0 saturated carbocycles. The lowest BCUT2D eigenvalue weighted by Gasteiger charge is -2.00. The van der Waals surface area contributed by atoms with E-state index in [4.69, 9.17) is 0 Å². The van der Waals surface area contributed by atoms with Gasteiger partial charge in [-0.15, -0.1) is 0 Å². The summed E-state index contributed by atoms with van der Waals surface area (Å²) in [6.45, 7) is 6.82. The Bertz CT molecular complexity index is 393. The second-order valence-electron chi connectivity index (χ2n) is 3.20. The highest BCUT2D eigenvalue weighted by Crippen LogP contribution is 2.02. The normalized spacial score (nSPS) is 10.9. The first-order chi connectivity index (χ1) is 7.11. The third-order valence-electron chi connectivity index (χ3n) is 1.81. The topological polar surface area (TPSA) is 38.7 Å². The summed E-state index contributed by atoms with van der Waals surface area (Å²) in [4.78, 5) is 15.7. The molecule has 0 aliphatic heterocycles. The maximum atomic E-state index is 11.0. The van der Waals surface area contributed by atoms with Crippen molar-refractivity contribution in [3.05, 3.63) is 48.0 Å². The summed E-state index contributed by atoms with van der Waals surface area (Å²) in [5.41, 5.74) is 1.91. The van der Waals surface area contributed by atoms with Crippen molar-refractivity contribution in [2.75, 3.05) is 0 Å². The van der Waals surface area contributed by atoms with Gasteiger partial charge >= 0.3 is 5.97 Å². The highest BCUT2D eigenvalue weighted by Gasteiger charge is 2.03. The van der Waals surface area contributed by atoms with Crippen molar-refractivity contribution >= 4 is 11.7 Å². The second kappa shape index (κ2) is 5.10. The number of hydrogen-bond acceptors (Lipinski definition) is 3. The van der Waals surface area contributed by atoms with Gasteiger partial charge in [0.15, 0.2) is 0 Å². The molecule has 15 heavy (non-hydrogen) atoms. The molecule has 0 atom stereocenters. The average molecular weight is 203 g/mol. The van der Waals surface area contributed by atoms with Gasteiger partial charge in [0.2, 0.25) is 0 Å². The van der Waals surface area contributed by atoms with Gasteiger partial charge in [-0.1, -0.05) is 42.1 Å². The van der Waals surface area contributed by atoms with Crippen LogP contribution in [-0.4, -0.2) is 11.7 Å². The molecule has 1 rings (SSSR count). The van der Waals surface area contributed by atoms with E-state index in [0.29, 0.717) is 11.3 Å². The van der Waals surface area contributed by atoms with Gasteiger partial charge in [-0.3, -0.25) is 0 Å². The summed E-state index contributed by atoms with van der Waals surface area (Å²) < 4.78 is 0. The SMILES string of the molecule is C=C(C)C(=O)O/N=C(\C)c1ccccc1. The van der Waals surface area contributed by atoms with Crippen LogP contribution in [0.3, 0.4) is 0 Å². The summed E-state index contributed by atoms with van der Waals surface area (Å²) in [7, 11) is 0. The fourth-order valence-electron chi connectivity index (χ4n) is 0.920. The van der Waals surface area contributed by atoms with Gasteiger partial charge < -0.3 is 4.84 Å². The molecule has 0 fully saturated rings. The van der Waals surface area contributed by atoms with Crippen molar-refractivity contribution in [1.29, 1.82) is 0 Å². The van der Waals surface area contributed by atoms with Crippen molar-refractivity contribution in [1.82, 2.24) is 0 Å². The van der Waals surface area contributed by atoms with Crippen LogP contribution in [0.1, 0.15) is 19.4 Å². The first-order valence-corrected chi connectivity index (χ1v) is 4.58. The third kappa shape index (κ3) is 3.38. The fourth-order valence-corrected chi connectivity index (χ4v) is 0.920. The van der Waals surface area contributed by atoms with E-state index in [0.717, 1.165) is 5.56 Å². The van der Waals surface area contributed by atoms with E-state index >= 15 is 0 Å². The van der Waals surface area contributed by atoms with E-state index in [9.17, 15) is 4.79 Å². The van der Waals surface area contributed by atoms with Crippen LogP contribution in [0.2, 0.25) is 0 Å². The molecule has 0 bridgehead atoms. The molecule has 0 aliphatic rings. The van der Waals surface area contributed by atoms with Gasteiger partial charge in [0.05, 0.1) is 5.71 Å². The molecule has 0 aliphatic carbocycles. The van der Waals surface area contributed by atoms with Crippen molar-refractivity contribution in [2.24, 2.45) is 5.16 Å². The predicted octanol–water partition coefficient (Wildman–Crippen LogP) is 2.53. The monoisotopic (exact) mass is 203 g/mol. The van der Waals surface area contributed by atoms with Gasteiger partial charge in [-0.05, 0) is 19.4 Å². The molecule has 0 radical (unpaired) electrons. The van der Waals surface area contributed by atoms with Crippen LogP contribution in [0.15, 0.2) is 47.6 Å². The molecule has 0 N–H and O–H groups in total. The van der Waals surface area contributed by atoms with Crippen molar-refractivity contribution in [2.45, 2.75) is 13.8 Å². The van der Waals surface area contributed by atoms with Crippen LogP contribution < -0.4 is 0 Å². The maximum absolute atomic E-state index is 11.0. The lowest BCUT2D eigenvalue weighted by molar-refractivity contribution is -0.138. The smallest absolute Gasteiger partial charge is 0.313 e. The molecule has 78 valence electrons. The number of nitrogens with zero attached hydrogens (tertiary/aromatic N) is 1. The van der Waals surface area contributed by atoms with E-state index in [1.54, 1.807) is 13.8 Å². The Hall–Kier alpha value is -1.90. The summed E-state index contributed by atoms with van der Waals surface area (Å²) in [6, 6.07) is 9.50. The average Bonchev–Trinajstić information content (AvgIpc) is 2.26. The minimum absolute atomic E-state index is 0.333. The highest BCUT2D eigenvalue weighted by molar-refractivity contribution is 5.99. The third-order valence-corrected chi connectivity index (χ3v) is 1.81. The summed E-state index contributed by atoms with van der Waals surface area (Å²) in [5.74, 6) is -0.509. The largest absolute Gasteiger partial charge is 0.360 e. The molecular weight excluding hydrogens is 190 g/mol. The van der Waals surface area contributed by atoms with Gasteiger partial charge in [0.25, 0.3) is 0 Å². The molecular formula is C12H13NO2. The van der Waals surface area contributed by atoms with Gasteiger partial charge in [-0.2, -0.15) is 0 Å². The Labute approximate surface area is 89.1 Å². The fraction of sp³-hybridized carbons (Fsp3) is 0.167. The van der Waals surface area contributed by atoms with Crippen LogP contribution in [0, 0.1) is 0 Å². The number of benzene rings is 1. The Morgan fingerprint density at radius 2 is 1.87 bits per heavy atom. The minimum Gasteiger partial charge on any atom is -0.313 e. The molecule has 0 saturated heterocycles.